The molecule has 108 valence electrons. The quantitative estimate of drug-likeness (QED) is 0.670. The van der Waals surface area contributed by atoms with Crippen LogP contribution in [0.15, 0.2) is 29.6 Å². The molecule has 0 amide bonds. The fraction of sp³-hybridized carbons (Fsp3) is 0.250. The van der Waals surface area contributed by atoms with Crippen LogP contribution in [0.1, 0.15) is 25.5 Å². The molecule has 0 bridgehead atoms. The summed E-state index contributed by atoms with van der Waals surface area (Å²) in [6.45, 7) is 4.27. The first-order valence-corrected chi connectivity index (χ1v) is 7.94. The van der Waals surface area contributed by atoms with E-state index in [0.29, 0.717) is 10.9 Å². The highest BCUT2D eigenvalue weighted by Crippen LogP contribution is 2.31. The molecular weight excluding hydrogens is 304 g/mol. The molecule has 0 aliphatic carbocycles. The number of rotatable bonds is 3. The molecule has 2 aromatic heterocycles. The number of hydrogen-bond donors (Lipinski definition) is 0. The number of nitrogens with zero attached hydrogens (tertiary/aromatic N) is 2. The first-order valence-electron chi connectivity index (χ1n) is 6.68. The van der Waals surface area contributed by atoms with E-state index >= 15 is 0 Å². The van der Waals surface area contributed by atoms with E-state index in [2.05, 4.69) is 29.2 Å². The van der Waals surface area contributed by atoms with Gasteiger partial charge >= 0.3 is 0 Å². The normalized spacial score (nSPS) is 11.3. The summed E-state index contributed by atoms with van der Waals surface area (Å²) in [4.78, 5) is 9.29. The van der Waals surface area contributed by atoms with Crippen molar-refractivity contribution in [2.24, 2.45) is 0 Å². The molecule has 21 heavy (non-hydrogen) atoms. The summed E-state index contributed by atoms with van der Waals surface area (Å²) < 4.78 is 5.23. The van der Waals surface area contributed by atoms with Crippen molar-refractivity contribution >= 4 is 33.8 Å². The van der Waals surface area contributed by atoms with E-state index in [-0.39, 0.29) is 0 Å². The second kappa shape index (κ2) is 5.62. The maximum atomic E-state index is 6.30. The van der Waals surface area contributed by atoms with Crippen molar-refractivity contribution in [1.29, 1.82) is 0 Å². The lowest BCUT2D eigenvalue weighted by Crippen LogP contribution is -1.90. The Balaban J connectivity index is 2.10. The summed E-state index contributed by atoms with van der Waals surface area (Å²) >= 11 is 7.91. The van der Waals surface area contributed by atoms with Gasteiger partial charge < -0.3 is 4.74 Å². The minimum absolute atomic E-state index is 0.420. The zero-order chi connectivity index (χ0) is 15.0. The van der Waals surface area contributed by atoms with E-state index in [1.165, 1.54) is 0 Å². The lowest BCUT2D eigenvalue weighted by atomic mass is 10.1. The van der Waals surface area contributed by atoms with Crippen molar-refractivity contribution in [2.75, 3.05) is 7.11 Å². The highest BCUT2D eigenvalue weighted by molar-refractivity contribution is 7.13. The molecule has 0 N–H and O–H groups in total. The van der Waals surface area contributed by atoms with Gasteiger partial charge in [0.25, 0.3) is 0 Å². The molecule has 3 aromatic rings. The third-order valence-corrected chi connectivity index (χ3v) is 4.46. The summed E-state index contributed by atoms with van der Waals surface area (Å²) in [5.41, 5.74) is 2.72. The van der Waals surface area contributed by atoms with Gasteiger partial charge in [-0.05, 0) is 18.1 Å². The van der Waals surface area contributed by atoms with Crippen LogP contribution in [0.25, 0.3) is 21.6 Å². The maximum Gasteiger partial charge on any atom is 0.142 e. The van der Waals surface area contributed by atoms with Gasteiger partial charge in [0.15, 0.2) is 0 Å². The lowest BCUT2D eigenvalue weighted by molar-refractivity contribution is 0.415. The summed E-state index contributed by atoms with van der Waals surface area (Å²) in [6, 6.07) is 7.69. The van der Waals surface area contributed by atoms with Crippen LogP contribution < -0.4 is 4.74 Å². The van der Waals surface area contributed by atoms with Crippen LogP contribution in [0, 0.1) is 0 Å². The number of thiazole rings is 1. The molecule has 0 aliphatic rings. The van der Waals surface area contributed by atoms with Gasteiger partial charge in [-0.1, -0.05) is 31.5 Å². The van der Waals surface area contributed by atoms with Gasteiger partial charge in [0.2, 0.25) is 0 Å². The van der Waals surface area contributed by atoms with E-state index in [4.69, 9.17) is 16.3 Å². The van der Waals surface area contributed by atoms with E-state index in [1.807, 2.05) is 18.2 Å². The minimum atomic E-state index is 0.420. The van der Waals surface area contributed by atoms with Crippen molar-refractivity contribution in [1.82, 2.24) is 9.97 Å². The van der Waals surface area contributed by atoms with Crippen molar-refractivity contribution < 1.29 is 4.74 Å². The molecule has 0 spiro atoms. The average Bonchev–Trinajstić information content (AvgIpc) is 2.97. The minimum Gasteiger partial charge on any atom is -0.497 e. The van der Waals surface area contributed by atoms with Crippen LogP contribution in [-0.4, -0.2) is 17.1 Å². The number of benzene rings is 1. The summed E-state index contributed by atoms with van der Waals surface area (Å²) in [7, 11) is 1.63. The molecule has 1 aromatic carbocycles. The van der Waals surface area contributed by atoms with Crippen molar-refractivity contribution in [3.05, 3.63) is 40.4 Å². The van der Waals surface area contributed by atoms with E-state index in [9.17, 15) is 0 Å². The van der Waals surface area contributed by atoms with Gasteiger partial charge in [0.1, 0.15) is 10.8 Å². The molecule has 3 rings (SSSR count). The average molecular weight is 319 g/mol. The SMILES string of the molecule is COc1cc(Cl)c2nc(-c3nc(C(C)C)cs3)ccc2c1. The van der Waals surface area contributed by atoms with Crippen LogP contribution in [0.4, 0.5) is 0 Å². The fourth-order valence-electron chi connectivity index (χ4n) is 2.07. The molecule has 0 atom stereocenters. The van der Waals surface area contributed by atoms with Gasteiger partial charge in [-0.3, -0.25) is 0 Å². The molecule has 0 saturated carbocycles. The Bertz CT molecular complexity index is 798. The number of ether oxygens (including phenoxy) is 1. The van der Waals surface area contributed by atoms with Crippen molar-refractivity contribution in [2.45, 2.75) is 19.8 Å². The number of fused-ring (bicyclic) bond motifs is 1. The number of hydrogen-bond acceptors (Lipinski definition) is 4. The monoisotopic (exact) mass is 318 g/mol. The molecule has 0 radical (unpaired) electrons. The van der Waals surface area contributed by atoms with Gasteiger partial charge in [-0.15, -0.1) is 11.3 Å². The van der Waals surface area contributed by atoms with E-state index in [0.717, 1.165) is 33.0 Å². The molecular formula is C16H15ClN2OS. The highest BCUT2D eigenvalue weighted by atomic mass is 35.5. The Hall–Kier alpha value is -1.65. The van der Waals surface area contributed by atoms with Crippen LogP contribution in [0.3, 0.4) is 0 Å². The number of methoxy groups -OCH3 is 1. The smallest absolute Gasteiger partial charge is 0.142 e. The third-order valence-electron chi connectivity index (χ3n) is 3.29. The maximum absolute atomic E-state index is 6.30. The molecule has 0 unspecified atom stereocenters. The molecule has 0 fully saturated rings. The van der Waals surface area contributed by atoms with Crippen LogP contribution in [-0.2, 0) is 0 Å². The molecule has 0 saturated heterocycles. The Labute approximate surface area is 132 Å². The Morgan fingerprint density at radius 2 is 2.00 bits per heavy atom. The first kappa shape index (κ1) is 14.3. The number of aromatic nitrogens is 2. The van der Waals surface area contributed by atoms with Gasteiger partial charge in [-0.25, -0.2) is 9.97 Å². The van der Waals surface area contributed by atoms with Gasteiger partial charge in [0.05, 0.1) is 29.0 Å². The number of halogens is 1. The predicted molar refractivity (Wildman–Crippen MR) is 88.5 cm³/mol. The zero-order valence-electron chi connectivity index (χ0n) is 12.1. The predicted octanol–water partition coefficient (Wildman–Crippen LogP) is 5.14. The van der Waals surface area contributed by atoms with Crippen molar-refractivity contribution in [3.8, 4) is 16.5 Å². The third kappa shape index (κ3) is 2.74. The summed E-state index contributed by atoms with van der Waals surface area (Å²) in [6.07, 6.45) is 0. The fourth-order valence-corrected chi connectivity index (χ4v) is 3.28. The van der Waals surface area contributed by atoms with Crippen molar-refractivity contribution in [3.63, 3.8) is 0 Å². The van der Waals surface area contributed by atoms with Crippen LogP contribution in [0.5, 0.6) is 5.75 Å². The van der Waals surface area contributed by atoms with Gasteiger partial charge in [0, 0.05) is 16.8 Å². The van der Waals surface area contributed by atoms with Crippen LogP contribution in [0.2, 0.25) is 5.02 Å². The van der Waals surface area contributed by atoms with Gasteiger partial charge in [-0.2, -0.15) is 0 Å². The molecule has 3 nitrogen and oxygen atoms in total. The second-order valence-electron chi connectivity index (χ2n) is 5.11. The Morgan fingerprint density at radius 3 is 2.67 bits per heavy atom. The summed E-state index contributed by atoms with van der Waals surface area (Å²) in [5.74, 6) is 1.15. The first-order chi connectivity index (χ1) is 10.1. The topological polar surface area (TPSA) is 35.0 Å². The lowest BCUT2D eigenvalue weighted by Gasteiger charge is -2.06. The molecule has 2 heterocycles. The van der Waals surface area contributed by atoms with E-state index in [1.54, 1.807) is 24.5 Å². The Kier molecular flexibility index (Phi) is 3.83. The summed E-state index contributed by atoms with van der Waals surface area (Å²) in [5, 5.41) is 4.56. The van der Waals surface area contributed by atoms with Crippen LogP contribution >= 0.6 is 22.9 Å². The zero-order valence-corrected chi connectivity index (χ0v) is 13.6. The molecule has 0 aliphatic heterocycles. The Morgan fingerprint density at radius 1 is 1.19 bits per heavy atom. The second-order valence-corrected chi connectivity index (χ2v) is 6.37. The standard InChI is InChI=1S/C16H15ClN2OS/c1-9(2)14-8-21-16(19-14)13-5-4-10-6-11(20-3)7-12(17)15(10)18-13/h4-9H,1-3H3. The molecule has 5 heteroatoms. The largest absolute Gasteiger partial charge is 0.497 e. The van der Waals surface area contributed by atoms with E-state index < -0.39 is 0 Å². The number of pyridine rings is 1. The highest BCUT2D eigenvalue weighted by Gasteiger charge is 2.11.